The third kappa shape index (κ3) is 4.18. The molecule has 0 aliphatic rings. The minimum absolute atomic E-state index is 0.364. The molecule has 3 heteroatoms. The monoisotopic (exact) mass is 197 g/mol. The smallest absolute Gasteiger partial charge is 0.133 e. The SMILES string of the molecule is CC(C)CC(=O)CCc1cncs1. The molecule has 0 saturated heterocycles. The van der Waals surface area contributed by atoms with Crippen LogP contribution in [-0.4, -0.2) is 10.8 Å². The summed E-state index contributed by atoms with van der Waals surface area (Å²) in [5.41, 5.74) is 1.81. The van der Waals surface area contributed by atoms with Crippen molar-refractivity contribution in [3.63, 3.8) is 0 Å². The maximum absolute atomic E-state index is 11.3. The highest BCUT2D eigenvalue weighted by Gasteiger charge is 2.05. The Morgan fingerprint density at radius 2 is 2.38 bits per heavy atom. The largest absolute Gasteiger partial charge is 0.300 e. The van der Waals surface area contributed by atoms with Gasteiger partial charge >= 0.3 is 0 Å². The lowest BCUT2D eigenvalue weighted by Crippen LogP contribution is -2.03. The molecule has 0 N–H and O–H groups in total. The minimum atomic E-state index is 0.364. The number of thiazole rings is 1. The summed E-state index contributed by atoms with van der Waals surface area (Å²) in [5, 5.41) is 0. The third-order valence-electron chi connectivity index (χ3n) is 1.77. The molecular weight excluding hydrogens is 182 g/mol. The summed E-state index contributed by atoms with van der Waals surface area (Å²) >= 11 is 1.62. The summed E-state index contributed by atoms with van der Waals surface area (Å²) in [5.74, 6) is 0.845. The first-order valence-corrected chi connectivity index (χ1v) is 5.45. The molecule has 0 aromatic carbocycles. The van der Waals surface area contributed by atoms with E-state index in [0.29, 0.717) is 24.5 Å². The molecule has 2 nitrogen and oxygen atoms in total. The number of aromatic nitrogens is 1. The van der Waals surface area contributed by atoms with Gasteiger partial charge in [-0.15, -0.1) is 11.3 Å². The number of Topliss-reactive ketones (excluding diaryl/α,β-unsaturated/α-hetero) is 1. The summed E-state index contributed by atoms with van der Waals surface area (Å²) in [6.07, 6.45) is 4.07. The van der Waals surface area contributed by atoms with E-state index in [1.165, 1.54) is 4.88 Å². The number of hydrogen-bond donors (Lipinski definition) is 0. The molecular formula is C10H15NOS. The Bertz CT molecular complexity index is 254. The van der Waals surface area contributed by atoms with Crippen LogP contribution in [0.2, 0.25) is 0 Å². The summed E-state index contributed by atoms with van der Waals surface area (Å²) in [7, 11) is 0. The van der Waals surface area contributed by atoms with Crippen LogP contribution in [0.1, 0.15) is 31.6 Å². The number of rotatable bonds is 5. The fraction of sp³-hybridized carbons (Fsp3) is 0.600. The molecule has 1 aromatic heterocycles. The average molecular weight is 197 g/mol. The van der Waals surface area contributed by atoms with Crippen molar-refractivity contribution < 1.29 is 4.79 Å². The van der Waals surface area contributed by atoms with E-state index in [4.69, 9.17) is 0 Å². The van der Waals surface area contributed by atoms with Crippen LogP contribution in [0.4, 0.5) is 0 Å². The van der Waals surface area contributed by atoms with Gasteiger partial charge in [-0.1, -0.05) is 13.8 Å². The van der Waals surface area contributed by atoms with E-state index < -0.39 is 0 Å². The molecule has 0 unspecified atom stereocenters. The van der Waals surface area contributed by atoms with Gasteiger partial charge in [-0.25, -0.2) is 0 Å². The number of nitrogens with zero attached hydrogens (tertiary/aromatic N) is 1. The van der Waals surface area contributed by atoms with E-state index in [1.807, 2.05) is 11.7 Å². The summed E-state index contributed by atoms with van der Waals surface area (Å²) < 4.78 is 0. The second-order valence-corrected chi connectivity index (χ2v) is 4.58. The highest BCUT2D eigenvalue weighted by Crippen LogP contribution is 2.10. The maximum atomic E-state index is 11.3. The van der Waals surface area contributed by atoms with Gasteiger partial charge in [0.1, 0.15) is 5.78 Å². The molecule has 0 bridgehead atoms. The molecule has 0 spiro atoms. The quantitative estimate of drug-likeness (QED) is 0.726. The summed E-state index contributed by atoms with van der Waals surface area (Å²) in [6, 6.07) is 0. The van der Waals surface area contributed by atoms with Crippen molar-refractivity contribution in [2.24, 2.45) is 5.92 Å². The van der Waals surface area contributed by atoms with Gasteiger partial charge in [0.05, 0.1) is 5.51 Å². The normalized spacial score (nSPS) is 10.7. The highest BCUT2D eigenvalue weighted by atomic mass is 32.1. The molecule has 13 heavy (non-hydrogen) atoms. The van der Waals surface area contributed by atoms with E-state index in [2.05, 4.69) is 18.8 Å². The first-order valence-electron chi connectivity index (χ1n) is 4.57. The standard InChI is InChI=1S/C10H15NOS/c1-8(2)5-9(12)3-4-10-6-11-7-13-10/h6-8H,3-5H2,1-2H3. The van der Waals surface area contributed by atoms with E-state index in [0.717, 1.165) is 6.42 Å². The topological polar surface area (TPSA) is 30.0 Å². The molecule has 0 aliphatic heterocycles. The van der Waals surface area contributed by atoms with Gasteiger partial charge in [-0.05, 0) is 12.3 Å². The van der Waals surface area contributed by atoms with Crippen LogP contribution in [0.25, 0.3) is 0 Å². The fourth-order valence-corrected chi connectivity index (χ4v) is 1.78. The Balaban J connectivity index is 2.23. The molecule has 1 heterocycles. The van der Waals surface area contributed by atoms with Crippen LogP contribution in [0, 0.1) is 5.92 Å². The number of carbonyl (C=O) groups is 1. The lowest BCUT2D eigenvalue weighted by molar-refractivity contribution is -0.119. The second-order valence-electron chi connectivity index (χ2n) is 3.60. The number of carbonyl (C=O) groups excluding carboxylic acids is 1. The van der Waals surface area contributed by atoms with Crippen molar-refractivity contribution in [1.82, 2.24) is 4.98 Å². The number of hydrogen-bond acceptors (Lipinski definition) is 3. The zero-order valence-electron chi connectivity index (χ0n) is 8.12. The Kier molecular flexibility index (Phi) is 4.09. The van der Waals surface area contributed by atoms with Crippen LogP contribution >= 0.6 is 11.3 Å². The van der Waals surface area contributed by atoms with Crippen molar-refractivity contribution >= 4 is 17.1 Å². The predicted molar refractivity (Wildman–Crippen MR) is 54.9 cm³/mol. The van der Waals surface area contributed by atoms with Crippen LogP contribution in [0.3, 0.4) is 0 Å². The first kappa shape index (κ1) is 10.4. The van der Waals surface area contributed by atoms with Crippen molar-refractivity contribution in [3.8, 4) is 0 Å². The van der Waals surface area contributed by atoms with Crippen LogP contribution in [-0.2, 0) is 11.2 Å². The molecule has 0 aliphatic carbocycles. The summed E-state index contributed by atoms with van der Waals surface area (Å²) in [4.78, 5) is 16.5. The molecule has 1 rings (SSSR count). The molecule has 72 valence electrons. The Hall–Kier alpha value is -0.700. The van der Waals surface area contributed by atoms with Gasteiger partial charge in [0.2, 0.25) is 0 Å². The highest BCUT2D eigenvalue weighted by molar-refractivity contribution is 7.09. The van der Waals surface area contributed by atoms with Gasteiger partial charge in [0.15, 0.2) is 0 Å². The minimum Gasteiger partial charge on any atom is -0.300 e. The molecule has 0 saturated carbocycles. The van der Waals surface area contributed by atoms with Crippen LogP contribution in [0.15, 0.2) is 11.7 Å². The van der Waals surface area contributed by atoms with Crippen molar-refractivity contribution in [2.45, 2.75) is 33.1 Å². The number of aryl methyl sites for hydroxylation is 1. The van der Waals surface area contributed by atoms with Gasteiger partial charge in [-0.2, -0.15) is 0 Å². The second kappa shape index (κ2) is 5.12. The zero-order valence-corrected chi connectivity index (χ0v) is 8.93. The van der Waals surface area contributed by atoms with Gasteiger partial charge in [0, 0.05) is 23.9 Å². The van der Waals surface area contributed by atoms with Crippen LogP contribution in [0.5, 0.6) is 0 Å². The molecule has 0 atom stereocenters. The molecule has 0 fully saturated rings. The Morgan fingerprint density at radius 3 is 2.92 bits per heavy atom. The van der Waals surface area contributed by atoms with Crippen LogP contribution < -0.4 is 0 Å². The molecule has 1 aromatic rings. The fourth-order valence-electron chi connectivity index (χ4n) is 1.19. The summed E-state index contributed by atoms with van der Waals surface area (Å²) in [6.45, 7) is 4.15. The van der Waals surface area contributed by atoms with Gasteiger partial charge < -0.3 is 0 Å². The third-order valence-corrected chi connectivity index (χ3v) is 2.61. The predicted octanol–water partition coefficient (Wildman–Crippen LogP) is 2.69. The average Bonchev–Trinajstić information content (AvgIpc) is 2.51. The van der Waals surface area contributed by atoms with Gasteiger partial charge in [-0.3, -0.25) is 9.78 Å². The van der Waals surface area contributed by atoms with E-state index >= 15 is 0 Å². The number of ketones is 1. The van der Waals surface area contributed by atoms with E-state index in [9.17, 15) is 4.79 Å². The molecule has 0 amide bonds. The Morgan fingerprint density at radius 1 is 1.62 bits per heavy atom. The van der Waals surface area contributed by atoms with Crippen molar-refractivity contribution in [3.05, 3.63) is 16.6 Å². The maximum Gasteiger partial charge on any atom is 0.133 e. The van der Waals surface area contributed by atoms with E-state index in [1.54, 1.807) is 11.3 Å². The lowest BCUT2D eigenvalue weighted by Gasteiger charge is -2.01. The molecule has 0 radical (unpaired) electrons. The zero-order chi connectivity index (χ0) is 9.68. The van der Waals surface area contributed by atoms with Gasteiger partial charge in [0.25, 0.3) is 0 Å². The van der Waals surface area contributed by atoms with E-state index in [-0.39, 0.29) is 0 Å². The van der Waals surface area contributed by atoms with Crippen molar-refractivity contribution in [2.75, 3.05) is 0 Å². The Labute approximate surface area is 83.0 Å². The first-order chi connectivity index (χ1) is 6.18. The lowest BCUT2D eigenvalue weighted by atomic mass is 10.0. The van der Waals surface area contributed by atoms with Crippen molar-refractivity contribution in [1.29, 1.82) is 0 Å².